The number of nitrogens with zero attached hydrogens (tertiary/aromatic N) is 1. The van der Waals surface area contributed by atoms with E-state index < -0.39 is 0 Å². The Morgan fingerprint density at radius 2 is 1.33 bits per heavy atom. The van der Waals surface area contributed by atoms with Crippen molar-refractivity contribution in [1.82, 2.24) is 0 Å². The van der Waals surface area contributed by atoms with Crippen LogP contribution in [-0.2, 0) is 0 Å². The molecule has 0 saturated heterocycles. The van der Waals surface area contributed by atoms with Gasteiger partial charge in [0.05, 0.1) is 0 Å². The van der Waals surface area contributed by atoms with E-state index in [1.807, 2.05) is 46.8 Å². The van der Waals surface area contributed by atoms with E-state index in [2.05, 4.69) is 24.7 Å². The van der Waals surface area contributed by atoms with Crippen LogP contribution in [0.2, 0.25) is 0 Å². The largest absolute Gasteiger partial charge is 0.265 e. The molecule has 15 heavy (non-hydrogen) atoms. The molecule has 0 fully saturated rings. The Balaban J connectivity index is -0.0000000610. The Morgan fingerprint density at radius 3 is 1.40 bits per heavy atom. The van der Waals surface area contributed by atoms with Gasteiger partial charge in [0, 0.05) is 12.4 Å². The summed E-state index contributed by atoms with van der Waals surface area (Å²) in [4.78, 5) is 3.61. The van der Waals surface area contributed by atoms with Gasteiger partial charge in [-0.2, -0.15) is 0 Å². The summed E-state index contributed by atoms with van der Waals surface area (Å²) in [6, 6.07) is 0. The van der Waals surface area contributed by atoms with Gasteiger partial charge >= 0.3 is 0 Å². The zero-order valence-corrected chi connectivity index (χ0v) is 11.0. The fourth-order valence-electron chi connectivity index (χ4n) is 0.258. The lowest BCUT2D eigenvalue weighted by Crippen LogP contribution is -1.52. The number of allylic oxidation sites excluding steroid dienone is 4. The molecule has 0 aliphatic heterocycles. The highest BCUT2D eigenvalue weighted by Crippen LogP contribution is 1.64. The molecule has 0 bridgehead atoms. The maximum Gasteiger partial charge on any atom is 0.0261 e. The van der Waals surface area contributed by atoms with Crippen molar-refractivity contribution >= 4 is 6.21 Å². The molecule has 1 nitrogen and oxygen atoms in total. The molecule has 0 aromatic carbocycles. The number of aliphatic imine (C=N–C) groups is 1. The molecule has 0 spiro atoms. The van der Waals surface area contributed by atoms with E-state index in [-0.39, 0.29) is 0 Å². The summed E-state index contributed by atoms with van der Waals surface area (Å²) >= 11 is 0. The third-order valence-electron chi connectivity index (χ3n) is 0.625. The predicted octanol–water partition coefficient (Wildman–Crippen LogP) is 5.19. The highest BCUT2D eigenvalue weighted by molar-refractivity contribution is 5.70. The molecule has 0 aliphatic rings. The van der Waals surface area contributed by atoms with Gasteiger partial charge in [-0.3, -0.25) is 4.99 Å². The second kappa shape index (κ2) is 53.9. The minimum atomic E-state index is 1.46. The van der Waals surface area contributed by atoms with Gasteiger partial charge in [-0.1, -0.05) is 71.7 Å². The van der Waals surface area contributed by atoms with E-state index in [4.69, 9.17) is 0 Å². The van der Waals surface area contributed by atoms with E-state index >= 15 is 0 Å². The summed E-state index contributed by atoms with van der Waals surface area (Å²) < 4.78 is 0. The maximum atomic E-state index is 3.61. The second-order valence-corrected chi connectivity index (χ2v) is 1.48. The SMILES string of the molecule is C=C/C=C\C.C=CC=NC=C.CC.CC. The molecule has 0 rings (SSSR count). The van der Waals surface area contributed by atoms with Crippen LogP contribution in [0.5, 0.6) is 0 Å². The molecule has 0 atom stereocenters. The quantitative estimate of drug-likeness (QED) is 0.448. The number of hydrogen-bond donors (Lipinski definition) is 0. The molecular weight excluding hydrogens is 182 g/mol. The van der Waals surface area contributed by atoms with Crippen LogP contribution in [0.1, 0.15) is 34.6 Å². The molecule has 0 N–H and O–H groups in total. The van der Waals surface area contributed by atoms with Crippen LogP contribution in [0.15, 0.2) is 55.2 Å². The minimum absolute atomic E-state index is 1.46. The van der Waals surface area contributed by atoms with Gasteiger partial charge in [-0.15, -0.1) is 0 Å². The molecule has 0 unspecified atom stereocenters. The van der Waals surface area contributed by atoms with E-state index in [0.717, 1.165) is 0 Å². The van der Waals surface area contributed by atoms with Crippen molar-refractivity contribution < 1.29 is 0 Å². The zero-order valence-electron chi connectivity index (χ0n) is 11.0. The lowest BCUT2D eigenvalue weighted by molar-refractivity contribution is 1.50. The first kappa shape index (κ1) is 23.4. The van der Waals surface area contributed by atoms with Gasteiger partial charge in [0.2, 0.25) is 0 Å². The summed E-state index contributed by atoms with van der Waals surface area (Å²) in [5.74, 6) is 0. The first-order chi connectivity index (χ1) is 7.33. The van der Waals surface area contributed by atoms with Crippen LogP contribution in [0, 0.1) is 0 Å². The second-order valence-electron chi connectivity index (χ2n) is 1.48. The average Bonchev–Trinajstić information content (AvgIpc) is 2.33. The van der Waals surface area contributed by atoms with Crippen molar-refractivity contribution in [2.75, 3.05) is 0 Å². The van der Waals surface area contributed by atoms with Gasteiger partial charge in [0.25, 0.3) is 0 Å². The monoisotopic (exact) mass is 209 g/mol. The summed E-state index contributed by atoms with van der Waals surface area (Å²) in [6.45, 7) is 20.2. The van der Waals surface area contributed by atoms with Crippen molar-refractivity contribution in [3.63, 3.8) is 0 Å². The normalized spacial score (nSPS) is 7.27. The van der Waals surface area contributed by atoms with Gasteiger partial charge in [-0.05, 0) is 6.92 Å². The van der Waals surface area contributed by atoms with Crippen molar-refractivity contribution in [1.29, 1.82) is 0 Å². The lowest BCUT2D eigenvalue weighted by atomic mass is 10.5. The summed E-state index contributed by atoms with van der Waals surface area (Å²) in [5.41, 5.74) is 0. The summed E-state index contributed by atoms with van der Waals surface area (Å²) in [5, 5.41) is 0. The van der Waals surface area contributed by atoms with Gasteiger partial charge in [-0.25, -0.2) is 0 Å². The average molecular weight is 209 g/mol. The van der Waals surface area contributed by atoms with Crippen molar-refractivity contribution in [2.45, 2.75) is 34.6 Å². The number of rotatable bonds is 3. The fourth-order valence-corrected chi connectivity index (χ4v) is 0.258. The van der Waals surface area contributed by atoms with Crippen molar-refractivity contribution in [3.8, 4) is 0 Å². The Kier molecular flexibility index (Phi) is 84.2. The van der Waals surface area contributed by atoms with E-state index in [9.17, 15) is 0 Å². The molecule has 0 heterocycles. The zero-order chi connectivity index (χ0) is 12.9. The highest BCUT2D eigenvalue weighted by Gasteiger charge is 1.47. The van der Waals surface area contributed by atoms with Crippen LogP contribution in [0.3, 0.4) is 0 Å². The molecule has 0 aromatic rings. The molecule has 1 heteroatoms. The first-order valence-corrected chi connectivity index (χ1v) is 5.32. The van der Waals surface area contributed by atoms with E-state index in [1.54, 1.807) is 18.4 Å². The van der Waals surface area contributed by atoms with E-state index in [1.165, 1.54) is 6.20 Å². The number of hydrogen-bond acceptors (Lipinski definition) is 1. The fraction of sp³-hybridized carbons (Fsp3) is 0.357. The van der Waals surface area contributed by atoms with E-state index in [0.29, 0.717) is 0 Å². The topological polar surface area (TPSA) is 12.4 Å². The molecule has 0 aromatic heterocycles. The molecule has 0 radical (unpaired) electrons. The Bertz CT molecular complexity index is 143. The predicted molar refractivity (Wildman–Crippen MR) is 76.6 cm³/mol. The van der Waals surface area contributed by atoms with Crippen molar-refractivity contribution in [2.24, 2.45) is 4.99 Å². The third-order valence-corrected chi connectivity index (χ3v) is 0.625. The van der Waals surface area contributed by atoms with Crippen LogP contribution in [0.4, 0.5) is 0 Å². The van der Waals surface area contributed by atoms with Crippen LogP contribution in [0.25, 0.3) is 0 Å². The summed E-state index contributed by atoms with van der Waals surface area (Å²) in [7, 11) is 0. The molecule has 0 saturated carbocycles. The van der Waals surface area contributed by atoms with Gasteiger partial charge in [0.15, 0.2) is 0 Å². The Morgan fingerprint density at radius 1 is 0.867 bits per heavy atom. The Labute approximate surface area is 96.6 Å². The summed E-state index contributed by atoms with van der Waals surface area (Å²) in [6.07, 6.45) is 10.2. The maximum absolute atomic E-state index is 3.61. The van der Waals surface area contributed by atoms with Crippen molar-refractivity contribution in [3.05, 3.63) is 50.2 Å². The lowest BCUT2D eigenvalue weighted by Gasteiger charge is -1.62. The van der Waals surface area contributed by atoms with Gasteiger partial charge < -0.3 is 0 Å². The minimum Gasteiger partial charge on any atom is -0.265 e. The molecule has 0 amide bonds. The third kappa shape index (κ3) is 108. The highest BCUT2D eigenvalue weighted by atomic mass is 14.6. The smallest absolute Gasteiger partial charge is 0.0261 e. The van der Waals surface area contributed by atoms with Crippen LogP contribution in [-0.4, -0.2) is 6.21 Å². The van der Waals surface area contributed by atoms with Crippen LogP contribution < -0.4 is 0 Å². The standard InChI is InChI=1S/C5H7N.C5H8.2C2H6/c1-3-5-6-4-2;1-3-5-4-2;2*1-2/h3-5H,1-2H2;3-5H,1H2,2H3;2*1-2H3/b;5-4-;;. The molecule has 0 aliphatic carbocycles. The first-order valence-electron chi connectivity index (χ1n) is 5.32. The van der Waals surface area contributed by atoms with Crippen LogP contribution >= 0.6 is 0 Å². The van der Waals surface area contributed by atoms with Gasteiger partial charge in [0.1, 0.15) is 0 Å². The molecular formula is C14H27N. The Hall–Kier alpha value is -1.37. The molecule has 88 valence electrons.